The van der Waals surface area contributed by atoms with Gasteiger partial charge in [0.25, 0.3) is 0 Å². The Morgan fingerprint density at radius 1 is 0.947 bits per heavy atom. The summed E-state index contributed by atoms with van der Waals surface area (Å²) in [7, 11) is 0. The van der Waals surface area contributed by atoms with Gasteiger partial charge < -0.3 is 11.5 Å². The third-order valence-corrected chi connectivity index (χ3v) is 3.14. The van der Waals surface area contributed by atoms with Gasteiger partial charge in [-0.05, 0) is 18.2 Å². The smallest absolute Gasteiger partial charge is 0.128 e. The molecule has 94 valence electrons. The molecule has 0 amide bonds. The van der Waals surface area contributed by atoms with Crippen LogP contribution < -0.4 is 11.5 Å². The van der Waals surface area contributed by atoms with Gasteiger partial charge in [-0.3, -0.25) is 4.98 Å². The van der Waals surface area contributed by atoms with Crippen LogP contribution >= 0.6 is 0 Å². The number of nitrogens with zero attached hydrogens (tertiary/aromatic N) is 2. The van der Waals surface area contributed by atoms with E-state index in [1.165, 1.54) is 0 Å². The van der Waals surface area contributed by atoms with Gasteiger partial charge in [0.2, 0.25) is 0 Å². The first-order valence-corrected chi connectivity index (χ1v) is 6.07. The molecule has 0 saturated heterocycles. The third kappa shape index (κ3) is 2.13. The SMILES string of the molecule is Nc1ncccc1C(N)c1ccc2ccccc2n1. The first-order valence-electron chi connectivity index (χ1n) is 6.07. The fraction of sp³-hybridized carbons (Fsp3) is 0.0667. The third-order valence-electron chi connectivity index (χ3n) is 3.14. The number of para-hydroxylation sites is 1. The lowest BCUT2D eigenvalue weighted by Gasteiger charge is -2.13. The number of nitrogen functional groups attached to an aromatic ring is 1. The number of fused-ring (bicyclic) bond motifs is 1. The van der Waals surface area contributed by atoms with Gasteiger partial charge in [-0.15, -0.1) is 0 Å². The van der Waals surface area contributed by atoms with E-state index in [2.05, 4.69) is 9.97 Å². The van der Waals surface area contributed by atoms with Crippen molar-refractivity contribution in [3.63, 3.8) is 0 Å². The van der Waals surface area contributed by atoms with Crippen LogP contribution in [0.1, 0.15) is 17.3 Å². The molecule has 0 saturated carbocycles. The summed E-state index contributed by atoms with van der Waals surface area (Å²) in [6.45, 7) is 0. The maximum atomic E-state index is 6.23. The summed E-state index contributed by atoms with van der Waals surface area (Å²) in [5.41, 5.74) is 14.6. The maximum absolute atomic E-state index is 6.23. The van der Waals surface area contributed by atoms with Gasteiger partial charge in [0.1, 0.15) is 5.82 Å². The number of rotatable bonds is 2. The summed E-state index contributed by atoms with van der Waals surface area (Å²) < 4.78 is 0. The molecule has 1 atom stereocenters. The Morgan fingerprint density at radius 2 is 1.79 bits per heavy atom. The van der Waals surface area contributed by atoms with Crippen LogP contribution in [0.15, 0.2) is 54.7 Å². The Hall–Kier alpha value is -2.46. The molecule has 0 aliphatic carbocycles. The van der Waals surface area contributed by atoms with Gasteiger partial charge in [0.15, 0.2) is 0 Å². The zero-order valence-electron chi connectivity index (χ0n) is 10.3. The molecule has 19 heavy (non-hydrogen) atoms. The zero-order chi connectivity index (χ0) is 13.2. The van der Waals surface area contributed by atoms with E-state index in [0.29, 0.717) is 5.82 Å². The molecule has 0 spiro atoms. The summed E-state index contributed by atoms with van der Waals surface area (Å²) in [6.07, 6.45) is 1.65. The largest absolute Gasteiger partial charge is 0.383 e. The standard InChI is InChI=1S/C15H14N4/c16-14(11-5-3-9-18-15(11)17)13-8-7-10-4-1-2-6-12(10)19-13/h1-9,14H,16H2,(H2,17,18). The molecule has 0 radical (unpaired) electrons. The zero-order valence-corrected chi connectivity index (χ0v) is 10.3. The summed E-state index contributed by atoms with van der Waals surface area (Å²) in [4.78, 5) is 8.64. The second-order valence-electron chi connectivity index (χ2n) is 4.38. The van der Waals surface area contributed by atoms with E-state index in [1.807, 2.05) is 48.5 Å². The van der Waals surface area contributed by atoms with Crippen LogP contribution in [-0.4, -0.2) is 9.97 Å². The van der Waals surface area contributed by atoms with E-state index < -0.39 is 0 Å². The molecule has 0 aliphatic heterocycles. The summed E-state index contributed by atoms with van der Waals surface area (Å²) in [6, 6.07) is 15.2. The molecular formula is C15H14N4. The Labute approximate surface area is 111 Å². The number of aromatic nitrogens is 2. The van der Waals surface area contributed by atoms with Crippen molar-refractivity contribution in [2.75, 3.05) is 5.73 Å². The number of nitrogens with two attached hydrogens (primary N) is 2. The molecular weight excluding hydrogens is 236 g/mol. The predicted molar refractivity (Wildman–Crippen MR) is 76.4 cm³/mol. The van der Waals surface area contributed by atoms with Crippen molar-refractivity contribution in [3.05, 3.63) is 66.0 Å². The van der Waals surface area contributed by atoms with Crippen molar-refractivity contribution < 1.29 is 0 Å². The number of anilines is 1. The average Bonchev–Trinajstić information content (AvgIpc) is 2.46. The average molecular weight is 250 g/mol. The van der Waals surface area contributed by atoms with Gasteiger partial charge in [-0.2, -0.15) is 0 Å². The van der Waals surface area contributed by atoms with Gasteiger partial charge in [0, 0.05) is 17.1 Å². The summed E-state index contributed by atoms with van der Waals surface area (Å²) in [5.74, 6) is 0.449. The van der Waals surface area contributed by atoms with E-state index in [0.717, 1.165) is 22.2 Å². The Morgan fingerprint density at radius 3 is 2.63 bits per heavy atom. The normalized spacial score (nSPS) is 12.5. The van der Waals surface area contributed by atoms with E-state index in [-0.39, 0.29) is 6.04 Å². The molecule has 4 heteroatoms. The molecule has 1 aromatic carbocycles. The number of hydrogen-bond donors (Lipinski definition) is 2. The highest BCUT2D eigenvalue weighted by Crippen LogP contribution is 2.23. The lowest BCUT2D eigenvalue weighted by molar-refractivity contribution is 0.833. The second kappa shape index (κ2) is 4.66. The fourth-order valence-electron chi connectivity index (χ4n) is 2.11. The van der Waals surface area contributed by atoms with Gasteiger partial charge in [-0.25, -0.2) is 4.98 Å². The van der Waals surface area contributed by atoms with Gasteiger partial charge in [0.05, 0.1) is 17.3 Å². The molecule has 0 fully saturated rings. The lowest BCUT2D eigenvalue weighted by Crippen LogP contribution is -2.15. The first-order chi connectivity index (χ1) is 9.25. The number of benzene rings is 1. The van der Waals surface area contributed by atoms with Crippen molar-refractivity contribution in [2.45, 2.75) is 6.04 Å². The molecule has 0 aliphatic rings. The van der Waals surface area contributed by atoms with Gasteiger partial charge in [-0.1, -0.05) is 30.3 Å². The molecule has 2 aromatic heterocycles. The quantitative estimate of drug-likeness (QED) is 0.731. The summed E-state index contributed by atoms with van der Waals surface area (Å²) >= 11 is 0. The molecule has 3 aromatic rings. The topological polar surface area (TPSA) is 77.8 Å². The minimum atomic E-state index is -0.363. The summed E-state index contributed by atoms with van der Waals surface area (Å²) in [5, 5.41) is 1.10. The van der Waals surface area contributed by atoms with Crippen LogP contribution in [-0.2, 0) is 0 Å². The van der Waals surface area contributed by atoms with Crippen molar-refractivity contribution in [2.24, 2.45) is 5.73 Å². The fourth-order valence-corrected chi connectivity index (χ4v) is 2.11. The minimum absolute atomic E-state index is 0.363. The van der Waals surface area contributed by atoms with Crippen LogP contribution in [0.25, 0.3) is 10.9 Å². The molecule has 1 unspecified atom stereocenters. The number of pyridine rings is 2. The second-order valence-corrected chi connectivity index (χ2v) is 4.38. The first kappa shape index (κ1) is 11.6. The van der Waals surface area contributed by atoms with Crippen molar-refractivity contribution in [3.8, 4) is 0 Å². The van der Waals surface area contributed by atoms with Crippen LogP contribution in [0.2, 0.25) is 0 Å². The highest BCUT2D eigenvalue weighted by atomic mass is 14.9. The Balaban J connectivity index is 2.07. The Bertz CT molecular complexity index is 724. The van der Waals surface area contributed by atoms with Crippen LogP contribution in [0.5, 0.6) is 0 Å². The van der Waals surface area contributed by atoms with Crippen LogP contribution in [0.3, 0.4) is 0 Å². The molecule has 4 N–H and O–H groups in total. The minimum Gasteiger partial charge on any atom is -0.383 e. The van der Waals surface area contributed by atoms with E-state index in [9.17, 15) is 0 Å². The predicted octanol–water partition coefficient (Wildman–Crippen LogP) is 2.26. The highest BCUT2D eigenvalue weighted by molar-refractivity contribution is 5.78. The molecule has 0 bridgehead atoms. The lowest BCUT2D eigenvalue weighted by atomic mass is 10.0. The molecule has 2 heterocycles. The van der Waals surface area contributed by atoms with Crippen molar-refractivity contribution in [1.29, 1.82) is 0 Å². The van der Waals surface area contributed by atoms with Crippen molar-refractivity contribution in [1.82, 2.24) is 9.97 Å². The van der Waals surface area contributed by atoms with E-state index in [1.54, 1.807) is 6.20 Å². The van der Waals surface area contributed by atoms with Crippen molar-refractivity contribution >= 4 is 16.7 Å². The van der Waals surface area contributed by atoms with Crippen LogP contribution in [0.4, 0.5) is 5.82 Å². The maximum Gasteiger partial charge on any atom is 0.128 e. The van der Waals surface area contributed by atoms with Gasteiger partial charge >= 0.3 is 0 Å². The molecule has 3 rings (SSSR count). The number of hydrogen-bond acceptors (Lipinski definition) is 4. The molecule has 4 nitrogen and oxygen atoms in total. The van der Waals surface area contributed by atoms with E-state index in [4.69, 9.17) is 11.5 Å². The Kier molecular flexibility index (Phi) is 2.85. The van der Waals surface area contributed by atoms with E-state index >= 15 is 0 Å². The highest BCUT2D eigenvalue weighted by Gasteiger charge is 2.14. The monoisotopic (exact) mass is 250 g/mol. The van der Waals surface area contributed by atoms with Crippen LogP contribution in [0, 0.1) is 0 Å².